The van der Waals surface area contributed by atoms with Gasteiger partial charge in [-0.25, -0.2) is 4.98 Å². The van der Waals surface area contributed by atoms with Crippen LogP contribution in [0.4, 0.5) is 5.82 Å². The van der Waals surface area contributed by atoms with Crippen molar-refractivity contribution in [1.29, 1.82) is 0 Å². The molecule has 0 radical (unpaired) electrons. The van der Waals surface area contributed by atoms with E-state index in [0.717, 1.165) is 19.5 Å². The van der Waals surface area contributed by atoms with E-state index in [1.807, 2.05) is 4.90 Å². The average molecular weight is 234 g/mol. The van der Waals surface area contributed by atoms with Gasteiger partial charge in [0.25, 0.3) is 5.91 Å². The van der Waals surface area contributed by atoms with Gasteiger partial charge < -0.3 is 10.6 Å². The number of nitrogen functional groups attached to an aromatic ring is 1. The Labute approximate surface area is 101 Å². The highest BCUT2D eigenvalue weighted by Gasteiger charge is 2.27. The van der Waals surface area contributed by atoms with Crippen molar-refractivity contribution in [2.24, 2.45) is 5.92 Å². The van der Waals surface area contributed by atoms with Crippen LogP contribution in [0.3, 0.4) is 0 Å². The topological polar surface area (TPSA) is 72.1 Å². The van der Waals surface area contributed by atoms with Gasteiger partial charge in [-0.1, -0.05) is 13.3 Å². The molecule has 17 heavy (non-hydrogen) atoms. The van der Waals surface area contributed by atoms with E-state index in [4.69, 9.17) is 5.73 Å². The predicted octanol–water partition coefficient (Wildman–Crippen LogP) is 1.32. The maximum atomic E-state index is 12.1. The maximum absolute atomic E-state index is 12.1. The number of hydrogen-bond acceptors (Lipinski definition) is 4. The summed E-state index contributed by atoms with van der Waals surface area (Å²) in [5.74, 6) is 0.876. The van der Waals surface area contributed by atoms with Crippen LogP contribution in [0.2, 0.25) is 0 Å². The van der Waals surface area contributed by atoms with E-state index in [1.54, 1.807) is 0 Å². The second-order valence-electron chi connectivity index (χ2n) is 4.52. The zero-order valence-corrected chi connectivity index (χ0v) is 10.1. The third-order valence-electron chi connectivity index (χ3n) is 3.14. The molecule has 1 unspecified atom stereocenters. The molecule has 1 saturated heterocycles. The number of aromatic nitrogens is 2. The number of carbonyl (C=O) groups is 1. The minimum Gasteiger partial charge on any atom is -0.382 e. The summed E-state index contributed by atoms with van der Waals surface area (Å²) in [6, 6.07) is 0. The van der Waals surface area contributed by atoms with Crippen LogP contribution in [0.1, 0.15) is 36.7 Å². The molecule has 2 rings (SSSR count). The lowest BCUT2D eigenvalue weighted by Crippen LogP contribution is -2.29. The lowest BCUT2D eigenvalue weighted by Gasteiger charge is -2.15. The number of carbonyl (C=O) groups excluding carboxylic acids is 1. The Morgan fingerprint density at radius 1 is 1.59 bits per heavy atom. The molecular weight excluding hydrogens is 216 g/mol. The summed E-state index contributed by atoms with van der Waals surface area (Å²) in [5, 5.41) is 0. The number of nitrogens with zero attached hydrogens (tertiary/aromatic N) is 3. The van der Waals surface area contributed by atoms with Gasteiger partial charge in [0.15, 0.2) is 0 Å². The summed E-state index contributed by atoms with van der Waals surface area (Å²) >= 11 is 0. The van der Waals surface area contributed by atoms with Crippen LogP contribution in [-0.2, 0) is 0 Å². The molecule has 92 valence electrons. The molecule has 1 amide bonds. The number of anilines is 1. The van der Waals surface area contributed by atoms with Crippen molar-refractivity contribution in [3.05, 3.63) is 18.1 Å². The van der Waals surface area contributed by atoms with Crippen LogP contribution in [0.5, 0.6) is 0 Å². The van der Waals surface area contributed by atoms with Crippen molar-refractivity contribution in [1.82, 2.24) is 14.9 Å². The van der Waals surface area contributed by atoms with Crippen molar-refractivity contribution in [2.75, 3.05) is 18.8 Å². The number of amides is 1. The molecule has 1 aliphatic rings. The summed E-state index contributed by atoms with van der Waals surface area (Å²) in [6.45, 7) is 3.83. The van der Waals surface area contributed by atoms with Crippen molar-refractivity contribution in [3.63, 3.8) is 0 Å². The first-order chi connectivity index (χ1) is 8.20. The summed E-state index contributed by atoms with van der Waals surface area (Å²) in [5.41, 5.74) is 5.87. The minimum atomic E-state index is -0.0524. The fourth-order valence-corrected chi connectivity index (χ4v) is 2.31. The summed E-state index contributed by atoms with van der Waals surface area (Å²) in [4.78, 5) is 21.9. The predicted molar refractivity (Wildman–Crippen MR) is 65.4 cm³/mol. The molecule has 5 nitrogen and oxygen atoms in total. The molecule has 5 heteroatoms. The highest BCUT2D eigenvalue weighted by Crippen LogP contribution is 2.22. The second kappa shape index (κ2) is 5.12. The van der Waals surface area contributed by atoms with Gasteiger partial charge in [0.2, 0.25) is 0 Å². The highest BCUT2D eigenvalue weighted by atomic mass is 16.2. The zero-order chi connectivity index (χ0) is 12.3. The van der Waals surface area contributed by atoms with Gasteiger partial charge in [-0.15, -0.1) is 0 Å². The van der Waals surface area contributed by atoms with Gasteiger partial charge in [0, 0.05) is 13.1 Å². The van der Waals surface area contributed by atoms with Crippen LogP contribution >= 0.6 is 0 Å². The zero-order valence-electron chi connectivity index (χ0n) is 10.1. The molecule has 1 atom stereocenters. The largest absolute Gasteiger partial charge is 0.382 e. The van der Waals surface area contributed by atoms with Crippen molar-refractivity contribution in [2.45, 2.75) is 26.2 Å². The monoisotopic (exact) mass is 234 g/mol. The van der Waals surface area contributed by atoms with Crippen LogP contribution in [-0.4, -0.2) is 33.9 Å². The quantitative estimate of drug-likeness (QED) is 0.856. The summed E-state index contributed by atoms with van der Waals surface area (Å²) in [7, 11) is 0. The Bertz CT molecular complexity index is 407. The number of hydrogen-bond donors (Lipinski definition) is 1. The van der Waals surface area contributed by atoms with Gasteiger partial charge in [0.05, 0.1) is 12.4 Å². The molecule has 1 aromatic heterocycles. The van der Waals surface area contributed by atoms with Crippen molar-refractivity contribution < 1.29 is 4.79 Å². The summed E-state index contributed by atoms with van der Waals surface area (Å²) < 4.78 is 0. The molecule has 1 fully saturated rings. The minimum absolute atomic E-state index is 0.0524. The first kappa shape index (κ1) is 11.8. The van der Waals surface area contributed by atoms with E-state index in [9.17, 15) is 4.79 Å². The Balaban J connectivity index is 2.02. The number of nitrogens with two attached hydrogens (primary N) is 1. The molecule has 0 bridgehead atoms. The third-order valence-corrected chi connectivity index (χ3v) is 3.14. The van der Waals surface area contributed by atoms with E-state index in [1.165, 1.54) is 25.2 Å². The van der Waals surface area contributed by atoms with Gasteiger partial charge in [-0.2, -0.15) is 0 Å². The van der Waals surface area contributed by atoms with Gasteiger partial charge >= 0.3 is 0 Å². The molecule has 0 spiro atoms. The Morgan fingerprint density at radius 2 is 2.41 bits per heavy atom. The summed E-state index contributed by atoms with van der Waals surface area (Å²) in [6.07, 6.45) is 6.37. The van der Waals surface area contributed by atoms with E-state index in [-0.39, 0.29) is 5.91 Å². The van der Waals surface area contributed by atoms with Crippen molar-refractivity contribution >= 4 is 11.7 Å². The molecular formula is C12H18N4O. The van der Waals surface area contributed by atoms with Crippen LogP contribution in [0, 0.1) is 5.92 Å². The van der Waals surface area contributed by atoms with Crippen LogP contribution < -0.4 is 5.73 Å². The first-order valence-corrected chi connectivity index (χ1v) is 6.07. The smallest absolute Gasteiger partial charge is 0.274 e. The molecule has 0 aromatic carbocycles. The van der Waals surface area contributed by atoms with Crippen LogP contribution in [0.15, 0.2) is 12.4 Å². The van der Waals surface area contributed by atoms with Crippen LogP contribution in [0.25, 0.3) is 0 Å². The first-order valence-electron chi connectivity index (χ1n) is 6.07. The molecule has 0 aliphatic carbocycles. The lowest BCUT2D eigenvalue weighted by molar-refractivity contribution is 0.0780. The molecule has 2 heterocycles. The van der Waals surface area contributed by atoms with Gasteiger partial charge in [-0.05, 0) is 18.8 Å². The SMILES string of the molecule is CCCC1CCN(C(=O)c2cncc(N)n2)C1. The maximum Gasteiger partial charge on any atom is 0.274 e. The van der Waals surface area contributed by atoms with Crippen molar-refractivity contribution in [3.8, 4) is 0 Å². The fourth-order valence-electron chi connectivity index (χ4n) is 2.31. The normalized spacial score (nSPS) is 19.6. The molecule has 2 N–H and O–H groups in total. The fraction of sp³-hybridized carbons (Fsp3) is 0.583. The highest BCUT2D eigenvalue weighted by molar-refractivity contribution is 5.92. The lowest BCUT2D eigenvalue weighted by atomic mass is 10.0. The molecule has 0 saturated carbocycles. The Kier molecular flexibility index (Phi) is 3.56. The van der Waals surface area contributed by atoms with E-state index in [2.05, 4.69) is 16.9 Å². The average Bonchev–Trinajstić information content (AvgIpc) is 2.77. The second-order valence-corrected chi connectivity index (χ2v) is 4.52. The van der Waals surface area contributed by atoms with E-state index >= 15 is 0 Å². The van der Waals surface area contributed by atoms with Gasteiger partial charge in [0.1, 0.15) is 11.5 Å². The standard InChI is InChI=1S/C12H18N4O/c1-2-3-9-4-5-16(8-9)12(17)10-6-14-7-11(13)15-10/h6-7,9H,2-5,8H2,1H3,(H2,13,15). The van der Waals surface area contributed by atoms with E-state index in [0.29, 0.717) is 17.4 Å². The Morgan fingerprint density at radius 3 is 3.12 bits per heavy atom. The number of rotatable bonds is 3. The third kappa shape index (κ3) is 2.72. The number of likely N-dealkylation sites (tertiary alicyclic amines) is 1. The van der Waals surface area contributed by atoms with E-state index < -0.39 is 0 Å². The molecule has 1 aliphatic heterocycles. The molecule has 1 aromatic rings. The van der Waals surface area contributed by atoms with Gasteiger partial charge in [-0.3, -0.25) is 9.78 Å². The Hall–Kier alpha value is -1.65.